The number of rotatable bonds is 10. The molecule has 0 N–H and O–H groups in total. The summed E-state index contributed by atoms with van der Waals surface area (Å²) in [5.41, 5.74) is 1.81. The molecular formula is C28H30N4O5S2. The highest BCUT2D eigenvalue weighted by Gasteiger charge is 2.27. The number of ether oxygens (including phenoxy) is 2. The number of thiazole rings is 1. The van der Waals surface area contributed by atoms with E-state index in [4.69, 9.17) is 14.5 Å². The van der Waals surface area contributed by atoms with E-state index in [1.807, 2.05) is 43.3 Å². The number of hydrogen-bond acceptors (Lipinski definition) is 8. The van der Waals surface area contributed by atoms with E-state index < -0.39 is 10.0 Å². The first-order valence-electron chi connectivity index (χ1n) is 12.8. The van der Waals surface area contributed by atoms with E-state index in [0.29, 0.717) is 36.1 Å². The summed E-state index contributed by atoms with van der Waals surface area (Å²) in [5.74, 6) is 0.436. The predicted molar refractivity (Wildman–Crippen MR) is 151 cm³/mol. The average molecular weight is 567 g/mol. The number of aromatic nitrogens is 2. The molecule has 1 aliphatic heterocycles. The molecule has 1 atom stereocenters. The van der Waals surface area contributed by atoms with Crippen LogP contribution in [-0.2, 0) is 21.3 Å². The number of sulfonamides is 1. The fraction of sp³-hybridized carbons (Fsp3) is 0.321. The van der Waals surface area contributed by atoms with E-state index >= 15 is 0 Å². The molecule has 3 heterocycles. The molecule has 0 radical (unpaired) electrons. The van der Waals surface area contributed by atoms with Crippen LogP contribution in [0.3, 0.4) is 0 Å². The van der Waals surface area contributed by atoms with Gasteiger partial charge in [-0.05, 0) is 74.4 Å². The van der Waals surface area contributed by atoms with Crippen molar-refractivity contribution in [2.24, 2.45) is 0 Å². The van der Waals surface area contributed by atoms with Gasteiger partial charge in [-0.15, -0.1) is 0 Å². The number of benzene rings is 2. The van der Waals surface area contributed by atoms with E-state index in [9.17, 15) is 13.2 Å². The summed E-state index contributed by atoms with van der Waals surface area (Å²) < 4.78 is 39.6. The van der Waals surface area contributed by atoms with Crippen LogP contribution in [0.25, 0.3) is 10.2 Å². The molecule has 0 spiro atoms. The highest BCUT2D eigenvalue weighted by Crippen LogP contribution is 2.33. The number of carbonyl (C=O) groups excluding carboxylic acids is 1. The van der Waals surface area contributed by atoms with E-state index in [1.54, 1.807) is 30.3 Å². The maximum atomic E-state index is 13.8. The van der Waals surface area contributed by atoms with Gasteiger partial charge in [0.25, 0.3) is 5.91 Å². The highest BCUT2D eigenvalue weighted by molar-refractivity contribution is 7.89. The quantitative estimate of drug-likeness (QED) is 0.273. The minimum Gasteiger partial charge on any atom is -0.494 e. The van der Waals surface area contributed by atoms with Crippen molar-refractivity contribution < 1.29 is 22.7 Å². The second-order valence-electron chi connectivity index (χ2n) is 9.22. The number of carbonyl (C=O) groups is 1. The molecular weight excluding hydrogens is 536 g/mol. The topological polar surface area (TPSA) is 102 Å². The summed E-state index contributed by atoms with van der Waals surface area (Å²) in [6.45, 7) is 3.64. The Bertz CT molecular complexity index is 1540. The van der Waals surface area contributed by atoms with Crippen LogP contribution in [0.5, 0.6) is 5.75 Å². The molecule has 1 aliphatic rings. The second kappa shape index (κ2) is 11.8. The minimum atomic E-state index is -3.72. The molecule has 0 saturated carbocycles. The van der Waals surface area contributed by atoms with E-state index in [0.717, 1.165) is 28.8 Å². The lowest BCUT2D eigenvalue weighted by molar-refractivity contribution is 0.0978. The van der Waals surface area contributed by atoms with Crippen molar-refractivity contribution in [3.63, 3.8) is 0 Å². The van der Waals surface area contributed by atoms with Crippen molar-refractivity contribution in [2.45, 2.75) is 37.3 Å². The largest absolute Gasteiger partial charge is 0.494 e. The van der Waals surface area contributed by atoms with Gasteiger partial charge in [0.2, 0.25) is 10.0 Å². The first-order chi connectivity index (χ1) is 18.8. The lowest BCUT2D eigenvalue weighted by atomic mass is 10.2. The number of likely N-dealkylation sites (N-methyl/N-ethyl adjacent to an activating group) is 1. The van der Waals surface area contributed by atoms with Crippen molar-refractivity contribution in [3.05, 3.63) is 78.1 Å². The van der Waals surface area contributed by atoms with Crippen molar-refractivity contribution in [3.8, 4) is 5.75 Å². The number of nitrogens with zero attached hydrogens (tertiary/aromatic N) is 4. The molecule has 0 bridgehead atoms. The van der Waals surface area contributed by atoms with Crippen LogP contribution < -0.4 is 9.64 Å². The maximum absolute atomic E-state index is 13.8. The van der Waals surface area contributed by atoms with Gasteiger partial charge in [0.1, 0.15) is 5.75 Å². The van der Waals surface area contributed by atoms with Crippen molar-refractivity contribution in [1.82, 2.24) is 14.3 Å². The Morgan fingerprint density at radius 2 is 1.97 bits per heavy atom. The molecule has 1 fully saturated rings. The average Bonchev–Trinajstić information content (AvgIpc) is 3.62. The van der Waals surface area contributed by atoms with Crippen LogP contribution >= 0.6 is 11.3 Å². The zero-order valence-corrected chi connectivity index (χ0v) is 23.5. The fourth-order valence-corrected chi connectivity index (χ4v) is 6.62. The number of anilines is 1. The van der Waals surface area contributed by atoms with Crippen LogP contribution in [-0.4, -0.2) is 61.5 Å². The van der Waals surface area contributed by atoms with Gasteiger partial charge in [-0.3, -0.25) is 14.7 Å². The summed E-state index contributed by atoms with van der Waals surface area (Å²) in [5, 5.41) is 0.516. The molecule has 2 aromatic carbocycles. The molecule has 1 unspecified atom stereocenters. The minimum absolute atomic E-state index is 0.0933. The number of fused-ring (bicyclic) bond motifs is 1. The first-order valence-corrected chi connectivity index (χ1v) is 15.0. The SMILES string of the molecule is CCOc1ccc2nc(N(Cc3ccccn3)C(=O)c3ccc(S(=O)(=O)N(C)CC4CCCO4)cc3)sc2c1. The van der Waals surface area contributed by atoms with E-state index in [1.165, 1.54) is 27.8 Å². The molecule has 0 aliphatic carbocycles. The van der Waals surface area contributed by atoms with Gasteiger partial charge < -0.3 is 9.47 Å². The standard InChI is InChI=1S/C28H30N4O5S2/c1-3-36-22-11-14-25-26(17-22)38-28(30-25)32(18-21-7-4-5-15-29-21)27(33)20-9-12-24(13-10-20)39(34,35)31(2)19-23-8-6-16-37-23/h4-5,7,9-15,17,23H,3,6,8,16,18-19H2,1-2H3. The third-order valence-corrected chi connectivity index (χ3v) is 9.35. The van der Waals surface area contributed by atoms with Gasteiger partial charge in [-0.25, -0.2) is 13.4 Å². The van der Waals surface area contributed by atoms with Crippen LogP contribution in [0, 0.1) is 0 Å². The molecule has 1 amide bonds. The van der Waals surface area contributed by atoms with Crippen LogP contribution in [0.15, 0.2) is 71.8 Å². The van der Waals surface area contributed by atoms with Crippen molar-refractivity contribution >= 4 is 42.6 Å². The monoisotopic (exact) mass is 566 g/mol. The van der Waals surface area contributed by atoms with Crippen molar-refractivity contribution in [1.29, 1.82) is 0 Å². The smallest absolute Gasteiger partial charge is 0.260 e. The van der Waals surface area contributed by atoms with E-state index in [2.05, 4.69) is 4.98 Å². The predicted octanol–water partition coefficient (Wildman–Crippen LogP) is 4.74. The third kappa shape index (κ3) is 6.11. The Balaban J connectivity index is 1.42. The number of hydrogen-bond donors (Lipinski definition) is 0. The van der Waals surface area contributed by atoms with Crippen LogP contribution in [0.4, 0.5) is 5.13 Å². The molecule has 9 nitrogen and oxygen atoms in total. The highest BCUT2D eigenvalue weighted by atomic mass is 32.2. The summed E-state index contributed by atoms with van der Waals surface area (Å²) in [6.07, 6.45) is 3.37. The Morgan fingerprint density at radius 1 is 1.15 bits per heavy atom. The number of pyridine rings is 1. The molecule has 204 valence electrons. The maximum Gasteiger partial charge on any atom is 0.260 e. The molecule has 39 heavy (non-hydrogen) atoms. The van der Waals surface area contributed by atoms with Gasteiger partial charge >= 0.3 is 0 Å². The summed E-state index contributed by atoms with van der Waals surface area (Å²) in [6, 6.07) is 17.2. The molecule has 4 aromatic rings. The van der Waals surface area contributed by atoms with Gasteiger partial charge in [0.15, 0.2) is 5.13 Å². The summed E-state index contributed by atoms with van der Waals surface area (Å²) in [7, 11) is -2.17. The Labute approximate surface area is 232 Å². The fourth-order valence-electron chi connectivity index (χ4n) is 4.42. The van der Waals surface area contributed by atoms with Crippen LogP contribution in [0.1, 0.15) is 35.8 Å². The first kappa shape index (κ1) is 27.2. The number of amides is 1. The molecule has 11 heteroatoms. The van der Waals surface area contributed by atoms with E-state index in [-0.39, 0.29) is 23.5 Å². The lowest BCUT2D eigenvalue weighted by Gasteiger charge is -2.21. The summed E-state index contributed by atoms with van der Waals surface area (Å²) in [4.78, 5) is 24.6. The normalized spacial score (nSPS) is 15.6. The molecule has 2 aromatic heterocycles. The van der Waals surface area contributed by atoms with Gasteiger partial charge in [0.05, 0.1) is 40.1 Å². The second-order valence-corrected chi connectivity index (χ2v) is 12.3. The Hall–Kier alpha value is -3.38. The summed E-state index contributed by atoms with van der Waals surface area (Å²) >= 11 is 1.39. The molecule has 1 saturated heterocycles. The zero-order valence-electron chi connectivity index (χ0n) is 21.8. The van der Waals surface area contributed by atoms with Gasteiger partial charge in [-0.1, -0.05) is 17.4 Å². The van der Waals surface area contributed by atoms with Crippen LogP contribution in [0.2, 0.25) is 0 Å². The Kier molecular flexibility index (Phi) is 8.22. The zero-order chi connectivity index (χ0) is 27.4. The molecule has 5 rings (SSSR count). The lowest BCUT2D eigenvalue weighted by Crippen LogP contribution is -2.34. The van der Waals surface area contributed by atoms with Gasteiger partial charge in [-0.2, -0.15) is 4.31 Å². The third-order valence-electron chi connectivity index (χ3n) is 6.48. The van der Waals surface area contributed by atoms with Gasteiger partial charge in [0, 0.05) is 32.0 Å². The Morgan fingerprint density at radius 3 is 2.67 bits per heavy atom. The van der Waals surface area contributed by atoms with Crippen molar-refractivity contribution in [2.75, 3.05) is 31.7 Å².